The molecule has 0 radical (unpaired) electrons. The van der Waals surface area contributed by atoms with Crippen molar-refractivity contribution in [3.8, 4) is 0 Å². The Morgan fingerprint density at radius 3 is 2.75 bits per heavy atom. The minimum atomic E-state index is -4.58. The van der Waals surface area contributed by atoms with E-state index < -0.39 is 6.36 Å². The number of allylic oxidation sites excluding steroid dienone is 1. The number of alkyl halides is 3. The molecule has 16 heavy (non-hydrogen) atoms. The van der Waals surface area contributed by atoms with E-state index in [1.54, 1.807) is 6.08 Å². The molecule has 0 amide bonds. The molecular weight excluding hydrogens is 219 g/mol. The summed E-state index contributed by atoms with van der Waals surface area (Å²) in [7, 11) is 0. The van der Waals surface area contributed by atoms with Crippen molar-refractivity contribution >= 4 is 0 Å². The fourth-order valence-corrected chi connectivity index (χ4v) is 2.40. The molecule has 1 N–H and O–H groups in total. The third kappa shape index (κ3) is 2.18. The Balaban J connectivity index is 2.16. The van der Waals surface area contributed by atoms with Crippen molar-refractivity contribution in [3.05, 3.63) is 23.6 Å². The van der Waals surface area contributed by atoms with E-state index in [1.165, 1.54) is 0 Å². The molecule has 1 aliphatic heterocycles. The molecule has 2 aliphatic rings. The van der Waals surface area contributed by atoms with Crippen molar-refractivity contribution < 1.29 is 17.9 Å². The largest absolute Gasteiger partial charge is 0.572 e. The zero-order chi connectivity index (χ0) is 11.9. The third-order valence-electron chi connectivity index (χ3n) is 3.16. The lowest BCUT2D eigenvalue weighted by Crippen LogP contribution is -2.37. The molecule has 3 unspecified atom stereocenters. The van der Waals surface area contributed by atoms with Gasteiger partial charge < -0.3 is 10.1 Å². The second-order valence-corrected chi connectivity index (χ2v) is 4.47. The lowest BCUT2D eigenvalue weighted by Gasteiger charge is -2.31. The van der Waals surface area contributed by atoms with Crippen LogP contribution in [0, 0.1) is 11.8 Å². The third-order valence-corrected chi connectivity index (χ3v) is 3.16. The van der Waals surface area contributed by atoms with Gasteiger partial charge in [-0.25, -0.2) is 0 Å². The Morgan fingerprint density at radius 2 is 2.12 bits per heavy atom. The van der Waals surface area contributed by atoms with E-state index in [1.807, 2.05) is 20.0 Å². The number of ether oxygens (including phenoxy) is 1. The molecule has 0 bridgehead atoms. The van der Waals surface area contributed by atoms with Crippen LogP contribution in [-0.2, 0) is 4.74 Å². The highest BCUT2D eigenvalue weighted by atomic mass is 19.4. The van der Waals surface area contributed by atoms with E-state index in [2.05, 4.69) is 10.1 Å². The number of hydrogen-bond acceptors (Lipinski definition) is 2. The maximum absolute atomic E-state index is 12.1. The van der Waals surface area contributed by atoms with Gasteiger partial charge in [-0.15, -0.1) is 13.2 Å². The first kappa shape index (κ1) is 11.4. The van der Waals surface area contributed by atoms with Gasteiger partial charge in [-0.3, -0.25) is 0 Å². The van der Waals surface area contributed by atoms with Gasteiger partial charge in [0, 0.05) is 18.4 Å². The monoisotopic (exact) mass is 233 g/mol. The van der Waals surface area contributed by atoms with Crippen LogP contribution in [0.2, 0.25) is 0 Å². The maximum atomic E-state index is 12.1. The molecule has 2 nitrogen and oxygen atoms in total. The molecule has 0 aromatic heterocycles. The average Bonchev–Trinajstić information content (AvgIpc) is 2.45. The number of halogens is 3. The Morgan fingerprint density at radius 1 is 1.44 bits per heavy atom. The van der Waals surface area contributed by atoms with E-state index in [4.69, 9.17) is 0 Å². The summed E-state index contributed by atoms with van der Waals surface area (Å²) in [5, 5.41) is 3.20. The summed E-state index contributed by atoms with van der Waals surface area (Å²) in [5.74, 6) is 0.208. The van der Waals surface area contributed by atoms with Crippen LogP contribution in [0.15, 0.2) is 23.6 Å². The molecule has 0 spiro atoms. The van der Waals surface area contributed by atoms with E-state index in [-0.39, 0.29) is 23.6 Å². The summed E-state index contributed by atoms with van der Waals surface area (Å²) in [6, 6.07) is 0.209. The van der Waals surface area contributed by atoms with Gasteiger partial charge in [-0.2, -0.15) is 0 Å². The van der Waals surface area contributed by atoms with Gasteiger partial charge in [0.05, 0.1) is 0 Å². The first-order valence-electron chi connectivity index (χ1n) is 5.26. The summed E-state index contributed by atoms with van der Waals surface area (Å²) in [5.41, 5.74) is 1.06. The van der Waals surface area contributed by atoms with Crippen molar-refractivity contribution in [1.82, 2.24) is 5.32 Å². The van der Waals surface area contributed by atoms with E-state index >= 15 is 0 Å². The number of rotatable bonds is 1. The minimum absolute atomic E-state index is 0.0288. The number of fused-ring (bicyclic) bond motifs is 1. The fraction of sp³-hybridized carbons (Fsp3) is 0.636. The molecule has 0 aromatic carbocycles. The molecule has 1 aliphatic carbocycles. The molecule has 3 atom stereocenters. The van der Waals surface area contributed by atoms with Crippen molar-refractivity contribution in [2.45, 2.75) is 32.7 Å². The highest BCUT2D eigenvalue weighted by Crippen LogP contribution is 2.37. The van der Waals surface area contributed by atoms with Crippen molar-refractivity contribution in [3.63, 3.8) is 0 Å². The number of nitrogens with one attached hydrogen (secondary N) is 1. The zero-order valence-corrected chi connectivity index (χ0v) is 9.14. The van der Waals surface area contributed by atoms with Gasteiger partial charge in [-0.1, -0.05) is 6.92 Å². The normalized spacial score (nSPS) is 33.7. The van der Waals surface area contributed by atoms with Gasteiger partial charge in [0.1, 0.15) is 5.76 Å². The first-order valence-corrected chi connectivity index (χ1v) is 5.26. The fourth-order valence-electron chi connectivity index (χ4n) is 2.40. The number of hydrogen-bond donors (Lipinski definition) is 1. The first-order chi connectivity index (χ1) is 7.37. The summed E-state index contributed by atoms with van der Waals surface area (Å²) < 4.78 is 40.4. The minimum Gasteiger partial charge on any atom is -0.411 e. The van der Waals surface area contributed by atoms with Crippen LogP contribution in [0.4, 0.5) is 13.2 Å². The van der Waals surface area contributed by atoms with Crippen LogP contribution in [0.5, 0.6) is 0 Å². The molecule has 90 valence electrons. The van der Waals surface area contributed by atoms with Gasteiger partial charge in [0.2, 0.25) is 0 Å². The molecule has 0 fully saturated rings. The van der Waals surface area contributed by atoms with Gasteiger partial charge >= 0.3 is 6.36 Å². The Bertz CT molecular complexity index is 346. The Hall–Kier alpha value is -1.13. The molecule has 2 rings (SSSR count). The SMILES string of the molecule is CC1=CNC2C(C)CC(OC(F)(F)F)=CC12. The second-order valence-electron chi connectivity index (χ2n) is 4.47. The summed E-state index contributed by atoms with van der Waals surface area (Å²) in [4.78, 5) is 0. The summed E-state index contributed by atoms with van der Waals surface area (Å²) >= 11 is 0. The molecule has 0 saturated heterocycles. The average molecular weight is 233 g/mol. The van der Waals surface area contributed by atoms with Crippen LogP contribution >= 0.6 is 0 Å². The highest BCUT2D eigenvalue weighted by Gasteiger charge is 2.39. The quantitative estimate of drug-likeness (QED) is 0.751. The lowest BCUT2D eigenvalue weighted by molar-refractivity contribution is -0.307. The maximum Gasteiger partial charge on any atom is 0.572 e. The van der Waals surface area contributed by atoms with Crippen LogP contribution in [0.25, 0.3) is 0 Å². The van der Waals surface area contributed by atoms with Crippen LogP contribution in [0.1, 0.15) is 20.3 Å². The van der Waals surface area contributed by atoms with Gasteiger partial charge in [0.15, 0.2) is 0 Å². The van der Waals surface area contributed by atoms with Crippen molar-refractivity contribution in [2.75, 3.05) is 0 Å². The molecule has 0 saturated carbocycles. The molecular formula is C11H14F3NO. The van der Waals surface area contributed by atoms with Crippen LogP contribution < -0.4 is 5.32 Å². The second kappa shape index (κ2) is 3.71. The standard InChI is InChI=1S/C11H14F3NO/c1-6-3-8(16-11(12,13)14)4-9-7(2)5-15-10(6)9/h4-6,9-10,15H,3H2,1-2H3. The summed E-state index contributed by atoms with van der Waals surface area (Å²) in [6.45, 7) is 3.85. The van der Waals surface area contributed by atoms with E-state index in [0.717, 1.165) is 5.57 Å². The van der Waals surface area contributed by atoms with Crippen molar-refractivity contribution in [2.24, 2.45) is 11.8 Å². The topological polar surface area (TPSA) is 21.3 Å². The van der Waals surface area contributed by atoms with Gasteiger partial charge in [0.25, 0.3) is 0 Å². The lowest BCUT2D eigenvalue weighted by atomic mass is 9.80. The smallest absolute Gasteiger partial charge is 0.411 e. The Labute approximate surface area is 92.2 Å². The molecule has 0 aromatic rings. The van der Waals surface area contributed by atoms with Crippen LogP contribution in [0.3, 0.4) is 0 Å². The van der Waals surface area contributed by atoms with E-state index in [9.17, 15) is 13.2 Å². The molecule has 1 heterocycles. The predicted molar refractivity (Wildman–Crippen MR) is 53.2 cm³/mol. The van der Waals surface area contributed by atoms with Gasteiger partial charge in [-0.05, 0) is 30.7 Å². The van der Waals surface area contributed by atoms with Crippen LogP contribution in [-0.4, -0.2) is 12.4 Å². The summed E-state index contributed by atoms with van der Waals surface area (Å²) in [6.07, 6.45) is -0.792. The van der Waals surface area contributed by atoms with Crippen molar-refractivity contribution in [1.29, 1.82) is 0 Å². The zero-order valence-electron chi connectivity index (χ0n) is 9.14. The predicted octanol–water partition coefficient (Wildman–Crippen LogP) is 2.94. The van der Waals surface area contributed by atoms with E-state index in [0.29, 0.717) is 6.42 Å². The highest BCUT2D eigenvalue weighted by molar-refractivity contribution is 5.25. The molecule has 5 heteroatoms. The Kier molecular flexibility index (Phi) is 2.64.